The summed E-state index contributed by atoms with van der Waals surface area (Å²) in [5.74, 6) is -0.509. The lowest BCUT2D eigenvalue weighted by Crippen LogP contribution is -2.46. The van der Waals surface area contributed by atoms with Gasteiger partial charge in [-0.25, -0.2) is 4.39 Å². The van der Waals surface area contributed by atoms with Crippen LogP contribution in [0.25, 0.3) is 0 Å². The summed E-state index contributed by atoms with van der Waals surface area (Å²) in [7, 11) is 0. The van der Waals surface area contributed by atoms with Crippen LogP contribution in [0.15, 0.2) is 24.3 Å². The van der Waals surface area contributed by atoms with Gasteiger partial charge in [-0.05, 0) is 17.5 Å². The molecule has 25 heavy (non-hydrogen) atoms. The van der Waals surface area contributed by atoms with Gasteiger partial charge in [0, 0.05) is 25.9 Å². The van der Waals surface area contributed by atoms with Crippen molar-refractivity contribution in [2.45, 2.75) is 50.6 Å². The van der Waals surface area contributed by atoms with Crippen molar-refractivity contribution < 1.29 is 14.0 Å². The second-order valence-corrected chi connectivity index (χ2v) is 6.63. The van der Waals surface area contributed by atoms with Crippen LogP contribution in [0.1, 0.15) is 30.4 Å². The van der Waals surface area contributed by atoms with Gasteiger partial charge < -0.3 is 15.5 Å². The number of alkyl halides is 1. The average molecular weight is 344 g/mol. The van der Waals surface area contributed by atoms with Crippen LogP contribution in [0.3, 0.4) is 0 Å². The van der Waals surface area contributed by atoms with E-state index in [-0.39, 0.29) is 31.7 Å². The zero-order valence-electron chi connectivity index (χ0n) is 13.9. The highest BCUT2D eigenvalue weighted by Gasteiger charge is 2.37. The lowest BCUT2D eigenvalue weighted by Gasteiger charge is -2.23. The molecule has 1 aromatic rings. The maximum Gasteiger partial charge on any atom is 0.240 e. The molecule has 6 nitrogen and oxygen atoms in total. The van der Waals surface area contributed by atoms with Crippen molar-refractivity contribution in [3.05, 3.63) is 35.4 Å². The van der Waals surface area contributed by atoms with Gasteiger partial charge in [-0.1, -0.05) is 24.3 Å². The number of amides is 2. The molecule has 2 aliphatic heterocycles. The summed E-state index contributed by atoms with van der Waals surface area (Å²) in [5.41, 5.74) is 8.17. The quantitative estimate of drug-likeness (QED) is 0.885. The van der Waals surface area contributed by atoms with E-state index in [1.165, 1.54) is 4.90 Å². The van der Waals surface area contributed by atoms with Gasteiger partial charge in [0.25, 0.3) is 0 Å². The van der Waals surface area contributed by atoms with E-state index in [1.54, 1.807) is 4.90 Å². The lowest BCUT2D eigenvalue weighted by atomic mass is 10.1. The van der Waals surface area contributed by atoms with Crippen LogP contribution in [0.4, 0.5) is 4.39 Å². The molecule has 0 aliphatic carbocycles. The Morgan fingerprint density at radius 2 is 1.96 bits per heavy atom. The normalized spacial score (nSPS) is 23.2. The molecule has 1 saturated heterocycles. The average Bonchev–Trinajstić information content (AvgIpc) is 3.21. The predicted molar refractivity (Wildman–Crippen MR) is 88.5 cm³/mol. The summed E-state index contributed by atoms with van der Waals surface area (Å²) in [6, 6.07) is 8.17. The van der Waals surface area contributed by atoms with E-state index in [0.29, 0.717) is 13.1 Å². The maximum absolute atomic E-state index is 13.4. The lowest BCUT2D eigenvalue weighted by molar-refractivity contribution is -0.134. The number of nitrogens with zero attached hydrogens (tertiary/aromatic N) is 3. The van der Waals surface area contributed by atoms with Crippen molar-refractivity contribution in [3.8, 4) is 6.07 Å². The van der Waals surface area contributed by atoms with Gasteiger partial charge in [-0.15, -0.1) is 0 Å². The second-order valence-electron chi connectivity index (χ2n) is 6.63. The molecule has 0 bridgehead atoms. The van der Waals surface area contributed by atoms with Crippen molar-refractivity contribution in [3.63, 3.8) is 0 Å². The SMILES string of the molecule is N#C[C@@H]1C[C@H](F)CN1C(=O)[C@@H](N)CCC(=O)N1Cc2ccccc2C1. The van der Waals surface area contributed by atoms with E-state index >= 15 is 0 Å². The number of carbonyl (C=O) groups excluding carboxylic acids is 2. The molecule has 1 aromatic carbocycles. The first kappa shape index (κ1) is 17.4. The first-order valence-corrected chi connectivity index (χ1v) is 8.44. The Hall–Kier alpha value is -2.46. The summed E-state index contributed by atoms with van der Waals surface area (Å²) >= 11 is 0. The fraction of sp³-hybridized carbons (Fsp3) is 0.500. The zero-order valence-corrected chi connectivity index (χ0v) is 13.9. The third-order valence-electron chi connectivity index (χ3n) is 4.86. The third kappa shape index (κ3) is 3.64. The molecule has 2 amide bonds. The number of benzene rings is 1. The highest BCUT2D eigenvalue weighted by molar-refractivity contribution is 5.84. The van der Waals surface area contributed by atoms with E-state index in [9.17, 15) is 14.0 Å². The van der Waals surface area contributed by atoms with Crippen LogP contribution < -0.4 is 5.73 Å². The van der Waals surface area contributed by atoms with Crippen molar-refractivity contribution in [2.24, 2.45) is 5.73 Å². The summed E-state index contributed by atoms with van der Waals surface area (Å²) in [5, 5.41) is 9.02. The van der Waals surface area contributed by atoms with Gasteiger partial charge in [0.2, 0.25) is 11.8 Å². The standard InChI is InChI=1S/C18H21FN4O2/c19-14-7-15(8-20)23(11-14)18(25)16(21)5-6-17(24)22-9-12-3-1-2-4-13(12)10-22/h1-4,14-16H,5-7,9-11,21H2/t14-,15-,16-/m0/s1. The molecule has 0 spiro atoms. The number of hydrogen-bond donors (Lipinski definition) is 1. The number of likely N-dealkylation sites (tertiary alicyclic amines) is 1. The first-order chi connectivity index (χ1) is 12.0. The third-order valence-corrected chi connectivity index (χ3v) is 4.86. The Morgan fingerprint density at radius 3 is 2.56 bits per heavy atom. The number of nitrogens with two attached hydrogens (primary N) is 1. The molecule has 7 heteroatoms. The number of fused-ring (bicyclic) bond motifs is 1. The van der Waals surface area contributed by atoms with Gasteiger partial charge in [0.1, 0.15) is 12.2 Å². The largest absolute Gasteiger partial charge is 0.334 e. The predicted octanol–water partition coefficient (Wildman–Crippen LogP) is 1.10. The van der Waals surface area contributed by atoms with E-state index in [1.807, 2.05) is 30.3 Å². The molecular formula is C18H21FN4O2. The van der Waals surface area contributed by atoms with Crippen molar-refractivity contribution in [2.75, 3.05) is 6.54 Å². The molecule has 0 radical (unpaired) electrons. The van der Waals surface area contributed by atoms with Crippen molar-refractivity contribution in [1.82, 2.24) is 9.80 Å². The number of rotatable bonds is 4. The molecule has 0 unspecified atom stereocenters. The Morgan fingerprint density at radius 1 is 1.32 bits per heavy atom. The fourth-order valence-electron chi connectivity index (χ4n) is 3.43. The van der Waals surface area contributed by atoms with Gasteiger partial charge in [0.15, 0.2) is 0 Å². The van der Waals surface area contributed by atoms with Crippen LogP contribution in [0.2, 0.25) is 0 Å². The zero-order chi connectivity index (χ0) is 18.0. The number of halogens is 1. The van der Waals surface area contributed by atoms with Crippen LogP contribution in [0, 0.1) is 11.3 Å². The number of nitriles is 1. The summed E-state index contributed by atoms with van der Waals surface area (Å²) in [6.07, 6.45) is -0.813. The van der Waals surface area contributed by atoms with E-state index in [0.717, 1.165) is 11.1 Å². The minimum atomic E-state index is -1.19. The molecule has 2 aliphatic rings. The van der Waals surface area contributed by atoms with Gasteiger partial charge in [-0.2, -0.15) is 5.26 Å². The maximum atomic E-state index is 13.4. The molecule has 0 aromatic heterocycles. The van der Waals surface area contributed by atoms with Crippen molar-refractivity contribution in [1.29, 1.82) is 5.26 Å². The van der Waals surface area contributed by atoms with E-state index in [4.69, 9.17) is 11.0 Å². The summed E-state index contributed by atoms with van der Waals surface area (Å²) in [4.78, 5) is 27.6. The molecule has 2 N–H and O–H groups in total. The minimum absolute atomic E-state index is 0.0277. The van der Waals surface area contributed by atoms with Crippen LogP contribution in [-0.2, 0) is 22.7 Å². The molecule has 1 fully saturated rings. The number of carbonyl (C=O) groups is 2. The molecule has 0 saturated carbocycles. The summed E-state index contributed by atoms with van der Waals surface area (Å²) in [6.45, 7) is 1.05. The van der Waals surface area contributed by atoms with Crippen LogP contribution >= 0.6 is 0 Å². The van der Waals surface area contributed by atoms with E-state index < -0.39 is 24.2 Å². The Balaban J connectivity index is 1.51. The topological polar surface area (TPSA) is 90.4 Å². The molecular weight excluding hydrogens is 323 g/mol. The Labute approximate surface area is 146 Å². The molecule has 2 heterocycles. The van der Waals surface area contributed by atoms with Gasteiger partial charge in [-0.3, -0.25) is 9.59 Å². The minimum Gasteiger partial charge on any atom is -0.334 e. The highest BCUT2D eigenvalue weighted by Crippen LogP contribution is 2.24. The van der Waals surface area contributed by atoms with E-state index in [2.05, 4.69) is 0 Å². The molecule has 132 valence electrons. The Bertz CT molecular complexity index is 692. The highest BCUT2D eigenvalue weighted by atomic mass is 19.1. The first-order valence-electron chi connectivity index (χ1n) is 8.44. The van der Waals surface area contributed by atoms with Crippen LogP contribution in [-0.4, -0.2) is 46.4 Å². The molecule has 3 atom stereocenters. The summed E-state index contributed by atoms with van der Waals surface area (Å²) < 4.78 is 13.4. The Kier molecular flexibility index (Phi) is 5.00. The monoisotopic (exact) mass is 344 g/mol. The van der Waals surface area contributed by atoms with Gasteiger partial charge in [0.05, 0.1) is 18.7 Å². The number of hydrogen-bond acceptors (Lipinski definition) is 4. The smallest absolute Gasteiger partial charge is 0.240 e. The fourth-order valence-corrected chi connectivity index (χ4v) is 3.43. The van der Waals surface area contributed by atoms with Gasteiger partial charge >= 0.3 is 0 Å². The van der Waals surface area contributed by atoms with Crippen molar-refractivity contribution >= 4 is 11.8 Å². The molecule has 3 rings (SSSR count). The van der Waals surface area contributed by atoms with Crippen LogP contribution in [0.5, 0.6) is 0 Å². The second kappa shape index (κ2) is 7.19.